The zero-order valence-electron chi connectivity index (χ0n) is 18.4. The lowest BCUT2D eigenvalue weighted by molar-refractivity contribution is 0.0392. The van der Waals surface area contributed by atoms with Gasteiger partial charge in [-0.1, -0.05) is 19.1 Å². The first-order valence-electron chi connectivity index (χ1n) is 11.0. The molecule has 0 spiro atoms. The van der Waals surface area contributed by atoms with E-state index in [0.717, 1.165) is 74.1 Å². The van der Waals surface area contributed by atoms with Crippen LogP contribution in [0.5, 0.6) is 11.5 Å². The summed E-state index contributed by atoms with van der Waals surface area (Å²) in [5, 5.41) is 0. The van der Waals surface area contributed by atoms with Crippen molar-refractivity contribution in [2.75, 3.05) is 64.6 Å². The van der Waals surface area contributed by atoms with Gasteiger partial charge < -0.3 is 19.1 Å². The van der Waals surface area contributed by atoms with Crippen LogP contribution in [0.15, 0.2) is 36.4 Å². The smallest absolute Gasteiger partial charge is 0.143 e. The highest BCUT2D eigenvalue weighted by atomic mass is 19.1. The van der Waals surface area contributed by atoms with E-state index in [2.05, 4.69) is 16.7 Å². The molecule has 2 aromatic carbocycles. The normalized spacial score (nSPS) is 16.6. The summed E-state index contributed by atoms with van der Waals surface area (Å²) in [7, 11) is 1.66. The van der Waals surface area contributed by atoms with Crippen LogP contribution in [0.4, 0.5) is 10.1 Å². The topological polar surface area (TPSA) is 34.2 Å². The largest absolute Gasteiger partial charge is 0.497 e. The summed E-state index contributed by atoms with van der Waals surface area (Å²) in [6, 6.07) is 11.2. The Morgan fingerprint density at radius 1 is 1.03 bits per heavy atom. The van der Waals surface area contributed by atoms with Crippen LogP contribution in [0, 0.1) is 5.82 Å². The summed E-state index contributed by atoms with van der Waals surface area (Å²) >= 11 is 0. The van der Waals surface area contributed by atoms with Gasteiger partial charge in [0.1, 0.15) is 17.3 Å². The molecule has 0 aliphatic carbocycles. The predicted molar refractivity (Wildman–Crippen MR) is 123 cm³/mol. The molecule has 5 nitrogen and oxygen atoms in total. The molecule has 2 heterocycles. The quantitative estimate of drug-likeness (QED) is 0.628. The maximum absolute atomic E-state index is 15.0. The Bertz CT molecular complexity index is 908. The molecule has 2 aliphatic heterocycles. The average molecular weight is 427 g/mol. The van der Waals surface area contributed by atoms with E-state index in [1.165, 1.54) is 6.07 Å². The van der Waals surface area contributed by atoms with E-state index in [9.17, 15) is 4.39 Å². The van der Waals surface area contributed by atoms with Gasteiger partial charge in [0, 0.05) is 38.3 Å². The van der Waals surface area contributed by atoms with Gasteiger partial charge in [-0.05, 0) is 47.9 Å². The Morgan fingerprint density at radius 3 is 2.52 bits per heavy atom. The molecule has 0 saturated carbocycles. The highest BCUT2D eigenvalue weighted by molar-refractivity contribution is 5.93. The third-order valence-corrected chi connectivity index (χ3v) is 5.84. The molecule has 0 aromatic heterocycles. The van der Waals surface area contributed by atoms with Gasteiger partial charge in [0.05, 0.1) is 32.6 Å². The first-order chi connectivity index (χ1) is 15.2. The lowest BCUT2D eigenvalue weighted by Crippen LogP contribution is -2.42. The van der Waals surface area contributed by atoms with Crippen molar-refractivity contribution in [1.82, 2.24) is 4.90 Å². The molecule has 0 N–H and O–H groups in total. The number of halogens is 1. The van der Waals surface area contributed by atoms with Crippen molar-refractivity contribution >= 4 is 17.3 Å². The second-order valence-corrected chi connectivity index (χ2v) is 7.93. The van der Waals surface area contributed by atoms with Crippen LogP contribution < -0.4 is 14.4 Å². The van der Waals surface area contributed by atoms with Gasteiger partial charge in [-0.15, -0.1) is 0 Å². The van der Waals surface area contributed by atoms with Crippen molar-refractivity contribution in [2.45, 2.75) is 13.3 Å². The van der Waals surface area contributed by atoms with E-state index in [1.807, 2.05) is 30.3 Å². The van der Waals surface area contributed by atoms with Crippen LogP contribution in [0.3, 0.4) is 0 Å². The average Bonchev–Trinajstić information content (AvgIpc) is 2.83. The monoisotopic (exact) mass is 426 g/mol. The van der Waals surface area contributed by atoms with Crippen LogP contribution in [-0.4, -0.2) is 64.6 Å². The SMILES string of the molecule is CCCOc1ccc(F)c2c1N(CCN1CCOCC1)CC(c1ccc(OC)cc1)=C2. The number of rotatable bonds is 8. The summed E-state index contributed by atoms with van der Waals surface area (Å²) < 4.78 is 31.8. The molecule has 2 aliphatic rings. The zero-order valence-corrected chi connectivity index (χ0v) is 18.4. The van der Waals surface area contributed by atoms with E-state index in [1.54, 1.807) is 13.2 Å². The molecule has 1 saturated heterocycles. The zero-order chi connectivity index (χ0) is 21.6. The van der Waals surface area contributed by atoms with E-state index in [4.69, 9.17) is 14.2 Å². The molecule has 2 aromatic rings. The van der Waals surface area contributed by atoms with Crippen molar-refractivity contribution in [3.8, 4) is 11.5 Å². The van der Waals surface area contributed by atoms with Crippen LogP contribution in [0.2, 0.25) is 0 Å². The van der Waals surface area contributed by atoms with E-state index < -0.39 is 0 Å². The highest BCUT2D eigenvalue weighted by Crippen LogP contribution is 2.41. The number of hydrogen-bond donors (Lipinski definition) is 0. The van der Waals surface area contributed by atoms with Gasteiger partial charge in [0.15, 0.2) is 0 Å². The van der Waals surface area contributed by atoms with Crippen LogP contribution in [-0.2, 0) is 4.74 Å². The second-order valence-electron chi connectivity index (χ2n) is 7.93. The van der Waals surface area contributed by atoms with Crippen molar-refractivity contribution in [3.05, 3.63) is 53.3 Å². The van der Waals surface area contributed by atoms with Crippen LogP contribution in [0.1, 0.15) is 24.5 Å². The molecule has 0 bridgehead atoms. The molecule has 4 rings (SSSR count). The number of ether oxygens (including phenoxy) is 3. The summed E-state index contributed by atoms with van der Waals surface area (Å²) in [6.45, 7) is 8.51. The third kappa shape index (κ3) is 5.02. The summed E-state index contributed by atoms with van der Waals surface area (Å²) in [6.07, 6.45) is 2.88. The number of anilines is 1. The van der Waals surface area contributed by atoms with Crippen LogP contribution in [0.25, 0.3) is 11.6 Å². The third-order valence-electron chi connectivity index (χ3n) is 5.84. The first kappa shape index (κ1) is 21.7. The number of fused-ring (bicyclic) bond motifs is 1. The minimum Gasteiger partial charge on any atom is -0.497 e. The Labute approximate surface area is 184 Å². The van der Waals surface area contributed by atoms with Gasteiger partial charge in [-0.2, -0.15) is 0 Å². The van der Waals surface area contributed by atoms with Gasteiger partial charge in [0.25, 0.3) is 0 Å². The molecule has 1 fully saturated rings. The molecule has 0 unspecified atom stereocenters. The summed E-state index contributed by atoms with van der Waals surface area (Å²) in [5.74, 6) is 1.34. The molecule has 166 valence electrons. The number of morpholine rings is 1. The lowest BCUT2D eigenvalue weighted by Gasteiger charge is -2.35. The minimum absolute atomic E-state index is 0.221. The molecule has 6 heteroatoms. The van der Waals surface area contributed by atoms with Crippen molar-refractivity contribution in [1.29, 1.82) is 0 Å². The molecular weight excluding hydrogens is 395 g/mol. The molecular formula is C25H31FN2O3. The fourth-order valence-corrected chi connectivity index (χ4v) is 4.12. The van der Waals surface area contributed by atoms with Gasteiger partial charge in [-0.3, -0.25) is 4.90 Å². The lowest BCUT2D eigenvalue weighted by atomic mass is 9.96. The predicted octanol–water partition coefficient (Wildman–Crippen LogP) is 4.32. The minimum atomic E-state index is -0.221. The van der Waals surface area contributed by atoms with Gasteiger partial charge in [-0.25, -0.2) is 4.39 Å². The molecule has 0 amide bonds. The molecule has 0 atom stereocenters. The van der Waals surface area contributed by atoms with Crippen molar-refractivity contribution in [2.24, 2.45) is 0 Å². The Morgan fingerprint density at radius 2 is 1.81 bits per heavy atom. The maximum Gasteiger partial charge on any atom is 0.143 e. The fraction of sp³-hybridized carbons (Fsp3) is 0.440. The number of methoxy groups -OCH3 is 1. The van der Waals surface area contributed by atoms with Crippen LogP contribution >= 0.6 is 0 Å². The number of nitrogens with zero attached hydrogens (tertiary/aromatic N) is 2. The van der Waals surface area contributed by atoms with Crippen molar-refractivity contribution < 1.29 is 18.6 Å². The Hall–Kier alpha value is -2.57. The number of hydrogen-bond acceptors (Lipinski definition) is 5. The van der Waals surface area contributed by atoms with E-state index >= 15 is 0 Å². The highest BCUT2D eigenvalue weighted by Gasteiger charge is 2.26. The van der Waals surface area contributed by atoms with E-state index in [-0.39, 0.29) is 5.82 Å². The van der Waals surface area contributed by atoms with Gasteiger partial charge in [0.2, 0.25) is 0 Å². The van der Waals surface area contributed by atoms with E-state index in [0.29, 0.717) is 18.7 Å². The fourth-order valence-electron chi connectivity index (χ4n) is 4.12. The molecule has 31 heavy (non-hydrogen) atoms. The maximum atomic E-state index is 15.0. The Balaban J connectivity index is 1.66. The first-order valence-corrected chi connectivity index (χ1v) is 11.0. The number of benzene rings is 2. The molecule has 0 radical (unpaired) electrons. The summed E-state index contributed by atoms with van der Waals surface area (Å²) in [5.41, 5.74) is 3.62. The van der Waals surface area contributed by atoms with Gasteiger partial charge >= 0.3 is 0 Å². The second kappa shape index (κ2) is 10.2. The van der Waals surface area contributed by atoms with Crippen molar-refractivity contribution in [3.63, 3.8) is 0 Å². The standard InChI is InChI=1S/C25H31FN2O3/c1-3-14-31-24-9-8-23(26)22-17-20(19-4-6-21(29-2)7-5-19)18-28(25(22)24)11-10-27-12-15-30-16-13-27/h4-9,17H,3,10-16,18H2,1-2H3. The Kier molecular flexibility index (Phi) is 7.10. The summed E-state index contributed by atoms with van der Waals surface area (Å²) in [4.78, 5) is 4.67.